The van der Waals surface area contributed by atoms with Crippen LogP contribution in [0.25, 0.3) is 10.9 Å². The number of nitrogens with one attached hydrogen (secondary N) is 1. The van der Waals surface area contributed by atoms with E-state index < -0.39 is 0 Å². The molecule has 1 saturated heterocycles. The standard InChI is InChI=1S/C25H34N4O2/c1-15-21-11-20(31-2)3-4-22(21)28-24(26-15)29-7-5-19(6-8-29)27-23-17-9-16-10-18(23)14-25(30,12-16)13-17/h3-4,11,16-19,23,27,30H,5-10,12-14H2,1-2H3. The summed E-state index contributed by atoms with van der Waals surface area (Å²) in [5, 5.41) is 16.0. The van der Waals surface area contributed by atoms with Crippen LogP contribution in [0.2, 0.25) is 0 Å². The molecule has 6 nitrogen and oxygen atoms in total. The van der Waals surface area contributed by atoms with Gasteiger partial charge in [0.2, 0.25) is 5.95 Å². The number of hydrogen-bond acceptors (Lipinski definition) is 6. The largest absolute Gasteiger partial charge is 0.497 e. The Morgan fingerprint density at radius 2 is 1.84 bits per heavy atom. The highest BCUT2D eigenvalue weighted by Crippen LogP contribution is 2.55. The second-order valence-corrected chi connectivity index (χ2v) is 10.6. The molecule has 1 aliphatic heterocycles. The lowest BCUT2D eigenvalue weighted by molar-refractivity contribution is -0.140. The van der Waals surface area contributed by atoms with Crippen molar-refractivity contribution in [2.45, 2.75) is 69.6 Å². The topological polar surface area (TPSA) is 70.5 Å². The van der Waals surface area contributed by atoms with Crippen molar-refractivity contribution in [1.29, 1.82) is 0 Å². The van der Waals surface area contributed by atoms with E-state index >= 15 is 0 Å². The minimum absolute atomic E-state index is 0.340. The van der Waals surface area contributed by atoms with E-state index in [9.17, 15) is 5.11 Å². The van der Waals surface area contributed by atoms with Crippen LogP contribution < -0.4 is 15.0 Å². The monoisotopic (exact) mass is 422 g/mol. The maximum atomic E-state index is 10.9. The van der Waals surface area contributed by atoms with Crippen LogP contribution in [0.15, 0.2) is 18.2 Å². The second kappa shape index (κ2) is 7.31. The van der Waals surface area contributed by atoms with Gasteiger partial charge in [0.1, 0.15) is 5.75 Å². The zero-order chi connectivity index (χ0) is 21.2. The summed E-state index contributed by atoms with van der Waals surface area (Å²) in [5.41, 5.74) is 1.65. The third-order valence-corrected chi connectivity index (χ3v) is 8.53. The van der Waals surface area contributed by atoms with E-state index in [-0.39, 0.29) is 5.60 Å². The molecule has 4 bridgehead atoms. The van der Waals surface area contributed by atoms with Gasteiger partial charge in [-0.05, 0) is 87.8 Å². The van der Waals surface area contributed by atoms with Crippen molar-refractivity contribution >= 4 is 16.9 Å². The average molecular weight is 423 g/mol. The molecule has 7 rings (SSSR count). The third-order valence-electron chi connectivity index (χ3n) is 8.53. The summed E-state index contributed by atoms with van der Waals surface area (Å²) in [6.45, 7) is 4.04. The van der Waals surface area contributed by atoms with Crippen LogP contribution in [0.1, 0.15) is 50.6 Å². The van der Waals surface area contributed by atoms with Crippen LogP contribution in [-0.2, 0) is 0 Å². The van der Waals surface area contributed by atoms with Crippen molar-refractivity contribution in [3.05, 3.63) is 23.9 Å². The molecule has 0 spiro atoms. The molecule has 166 valence electrons. The predicted octanol–water partition coefficient (Wildman–Crippen LogP) is 3.44. The highest BCUT2D eigenvalue weighted by atomic mass is 16.5. The summed E-state index contributed by atoms with van der Waals surface area (Å²) >= 11 is 0. The predicted molar refractivity (Wildman–Crippen MR) is 121 cm³/mol. The van der Waals surface area contributed by atoms with Crippen molar-refractivity contribution in [2.24, 2.45) is 17.8 Å². The van der Waals surface area contributed by atoms with Crippen LogP contribution >= 0.6 is 0 Å². The number of aryl methyl sites for hydroxylation is 1. The molecule has 31 heavy (non-hydrogen) atoms. The number of piperidine rings is 1. The summed E-state index contributed by atoms with van der Waals surface area (Å²) in [7, 11) is 1.69. The highest BCUT2D eigenvalue weighted by molar-refractivity contribution is 5.83. The van der Waals surface area contributed by atoms with Crippen molar-refractivity contribution < 1.29 is 9.84 Å². The number of benzene rings is 1. The number of ether oxygens (including phenoxy) is 1. The van der Waals surface area contributed by atoms with Crippen molar-refractivity contribution in [1.82, 2.24) is 15.3 Å². The Kier molecular flexibility index (Phi) is 4.65. The first kappa shape index (κ1) is 19.7. The molecule has 2 aromatic rings. The number of aliphatic hydroxyl groups is 1. The van der Waals surface area contributed by atoms with E-state index in [1.165, 1.54) is 12.8 Å². The van der Waals surface area contributed by atoms with Crippen LogP contribution in [0.3, 0.4) is 0 Å². The highest BCUT2D eigenvalue weighted by Gasteiger charge is 2.54. The summed E-state index contributed by atoms with van der Waals surface area (Å²) in [6.07, 6.45) is 8.01. The van der Waals surface area contributed by atoms with Gasteiger partial charge < -0.3 is 20.1 Å². The van der Waals surface area contributed by atoms with Crippen molar-refractivity contribution in [3.8, 4) is 5.75 Å². The van der Waals surface area contributed by atoms with Gasteiger partial charge in [-0.25, -0.2) is 9.97 Å². The third kappa shape index (κ3) is 3.48. The minimum atomic E-state index is -0.340. The lowest BCUT2D eigenvalue weighted by Crippen LogP contribution is -2.62. The molecule has 1 aromatic heterocycles. The van der Waals surface area contributed by atoms with Crippen LogP contribution in [0, 0.1) is 24.7 Å². The number of anilines is 1. The normalized spacial score (nSPS) is 35.1. The van der Waals surface area contributed by atoms with Gasteiger partial charge >= 0.3 is 0 Å². The van der Waals surface area contributed by atoms with E-state index in [0.29, 0.717) is 23.9 Å². The van der Waals surface area contributed by atoms with Gasteiger partial charge in [0.15, 0.2) is 0 Å². The Labute approximate surface area is 184 Å². The average Bonchev–Trinajstić information content (AvgIpc) is 2.75. The summed E-state index contributed by atoms with van der Waals surface area (Å²) in [5.74, 6) is 3.83. The Bertz CT molecular complexity index is 971. The molecule has 2 unspecified atom stereocenters. The molecule has 4 saturated carbocycles. The zero-order valence-corrected chi connectivity index (χ0v) is 18.7. The fourth-order valence-corrected chi connectivity index (χ4v) is 7.29. The number of hydrogen-bond donors (Lipinski definition) is 2. The van der Waals surface area contributed by atoms with Gasteiger partial charge in [-0.2, -0.15) is 0 Å². The molecule has 2 heterocycles. The fourth-order valence-electron chi connectivity index (χ4n) is 7.29. The van der Waals surface area contributed by atoms with E-state index in [2.05, 4.69) is 17.1 Å². The molecule has 5 fully saturated rings. The summed E-state index contributed by atoms with van der Waals surface area (Å²) in [4.78, 5) is 12.0. The molecule has 0 amide bonds. The smallest absolute Gasteiger partial charge is 0.226 e. The molecule has 0 radical (unpaired) electrons. The van der Waals surface area contributed by atoms with E-state index in [4.69, 9.17) is 14.7 Å². The van der Waals surface area contributed by atoms with Gasteiger partial charge in [-0.15, -0.1) is 0 Å². The molecular formula is C25H34N4O2. The summed E-state index contributed by atoms with van der Waals surface area (Å²) in [6, 6.07) is 7.20. The fraction of sp³-hybridized carbons (Fsp3) is 0.680. The number of methoxy groups -OCH3 is 1. The van der Waals surface area contributed by atoms with E-state index in [0.717, 1.165) is 79.4 Å². The Balaban J connectivity index is 1.12. The van der Waals surface area contributed by atoms with Crippen molar-refractivity contribution in [3.63, 3.8) is 0 Å². The summed E-state index contributed by atoms with van der Waals surface area (Å²) < 4.78 is 5.35. The minimum Gasteiger partial charge on any atom is -0.497 e. The van der Waals surface area contributed by atoms with Crippen LogP contribution in [0.5, 0.6) is 5.75 Å². The maximum Gasteiger partial charge on any atom is 0.226 e. The SMILES string of the molecule is COc1ccc2nc(N3CCC(NC4C5CC6CC4CC(O)(C6)C5)CC3)nc(C)c2c1. The van der Waals surface area contributed by atoms with Gasteiger partial charge in [0.05, 0.1) is 23.9 Å². The Hall–Kier alpha value is -1.92. The van der Waals surface area contributed by atoms with Gasteiger partial charge in [-0.3, -0.25) is 0 Å². The molecule has 5 aliphatic rings. The second-order valence-electron chi connectivity index (χ2n) is 10.6. The Morgan fingerprint density at radius 3 is 2.52 bits per heavy atom. The lowest BCUT2D eigenvalue weighted by atomic mass is 9.52. The first-order valence-corrected chi connectivity index (χ1v) is 12.1. The number of rotatable bonds is 4. The zero-order valence-electron chi connectivity index (χ0n) is 18.7. The van der Waals surface area contributed by atoms with Gasteiger partial charge in [0.25, 0.3) is 0 Å². The van der Waals surface area contributed by atoms with E-state index in [1.54, 1.807) is 7.11 Å². The van der Waals surface area contributed by atoms with E-state index in [1.807, 2.05) is 18.2 Å². The number of aromatic nitrogens is 2. The van der Waals surface area contributed by atoms with Crippen LogP contribution in [-0.4, -0.2) is 53.0 Å². The lowest BCUT2D eigenvalue weighted by Gasteiger charge is -2.59. The maximum absolute atomic E-state index is 10.9. The van der Waals surface area contributed by atoms with Crippen molar-refractivity contribution in [2.75, 3.05) is 25.1 Å². The quantitative estimate of drug-likeness (QED) is 0.787. The molecule has 2 N–H and O–H groups in total. The molecule has 4 aliphatic carbocycles. The molecule has 1 aromatic carbocycles. The Morgan fingerprint density at radius 1 is 1.10 bits per heavy atom. The number of nitrogens with zero attached hydrogens (tertiary/aromatic N) is 3. The molecule has 2 atom stereocenters. The first-order valence-electron chi connectivity index (χ1n) is 12.1. The van der Waals surface area contributed by atoms with Gasteiger partial charge in [-0.1, -0.05) is 0 Å². The number of fused-ring (bicyclic) bond motifs is 1. The molecule has 6 heteroatoms. The molecular weight excluding hydrogens is 388 g/mol. The van der Waals surface area contributed by atoms with Gasteiger partial charge in [0, 0.05) is 30.6 Å². The first-order chi connectivity index (χ1) is 15.0. The van der Waals surface area contributed by atoms with Crippen LogP contribution in [0.4, 0.5) is 5.95 Å².